The van der Waals surface area contributed by atoms with Gasteiger partial charge in [-0.3, -0.25) is 14.3 Å². The quantitative estimate of drug-likeness (QED) is 0.362. The Bertz CT molecular complexity index is 224. The molecule has 0 aromatic carbocycles. The predicted molar refractivity (Wildman–Crippen MR) is 65.3 cm³/mol. The molecule has 0 heterocycles. The fraction of sp³-hybridized carbons (Fsp3) is 0.800. The zero-order chi connectivity index (χ0) is 12.4. The molecular formula is C10H20N2O3S. The van der Waals surface area contributed by atoms with Gasteiger partial charge >= 0.3 is 5.97 Å². The Morgan fingerprint density at radius 2 is 2.06 bits per heavy atom. The van der Waals surface area contributed by atoms with Crippen LogP contribution >= 0.6 is 12.8 Å². The molecule has 0 aliphatic carbocycles. The Labute approximate surface area is 102 Å². The fourth-order valence-electron chi connectivity index (χ4n) is 1.26. The second-order valence-corrected chi connectivity index (χ2v) is 3.87. The molecule has 0 rings (SSSR count). The Balaban J connectivity index is 3.45. The van der Waals surface area contributed by atoms with Gasteiger partial charge in [0, 0.05) is 13.0 Å². The average molecular weight is 248 g/mol. The summed E-state index contributed by atoms with van der Waals surface area (Å²) in [4.78, 5) is 21.7. The molecule has 0 aliphatic rings. The first-order valence-corrected chi connectivity index (χ1v) is 5.95. The van der Waals surface area contributed by atoms with Crippen molar-refractivity contribution in [3.63, 3.8) is 0 Å². The first kappa shape index (κ1) is 15.2. The van der Waals surface area contributed by atoms with Gasteiger partial charge in [0.2, 0.25) is 5.91 Å². The summed E-state index contributed by atoms with van der Waals surface area (Å²) in [6.45, 7) is 2.56. The van der Waals surface area contributed by atoms with Crippen LogP contribution in [0.25, 0.3) is 0 Å². The number of unbranched alkanes of at least 4 members (excludes halogenated alkanes) is 1. The number of carbonyl (C=O) groups excluding carboxylic acids is 1. The maximum Gasteiger partial charge on any atom is 0.321 e. The zero-order valence-electron chi connectivity index (χ0n) is 9.53. The number of thiol groups is 1. The highest BCUT2D eigenvalue weighted by Gasteiger charge is 2.13. The van der Waals surface area contributed by atoms with Crippen LogP contribution in [0.2, 0.25) is 0 Å². The van der Waals surface area contributed by atoms with Crippen molar-refractivity contribution in [1.29, 1.82) is 0 Å². The summed E-state index contributed by atoms with van der Waals surface area (Å²) in [5.41, 5.74) is 0. The lowest BCUT2D eigenvalue weighted by atomic mass is 10.1. The molecule has 3 N–H and O–H groups in total. The minimum Gasteiger partial charge on any atom is -0.480 e. The number of carboxylic acids is 1. The maximum absolute atomic E-state index is 11.1. The van der Waals surface area contributed by atoms with Gasteiger partial charge < -0.3 is 10.4 Å². The van der Waals surface area contributed by atoms with Gasteiger partial charge in [-0.1, -0.05) is 19.7 Å². The van der Waals surface area contributed by atoms with Crippen LogP contribution in [0.1, 0.15) is 39.0 Å². The van der Waals surface area contributed by atoms with Gasteiger partial charge in [-0.25, -0.2) is 0 Å². The van der Waals surface area contributed by atoms with E-state index in [0.29, 0.717) is 19.4 Å². The number of hydrogen-bond acceptors (Lipinski definition) is 4. The number of hydrogen-bond donors (Lipinski definition) is 4. The van der Waals surface area contributed by atoms with E-state index in [2.05, 4.69) is 22.9 Å². The highest BCUT2D eigenvalue weighted by Crippen LogP contribution is 2.01. The van der Waals surface area contributed by atoms with Gasteiger partial charge in [0.25, 0.3) is 0 Å². The largest absolute Gasteiger partial charge is 0.480 e. The van der Waals surface area contributed by atoms with Crippen molar-refractivity contribution in [2.24, 2.45) is 0 Å². The molecule has 0 saturated heterocycles. The number of carbonyl (C=O) groups is 2. The van der Waals surface area contributed by atoms with Gasteiger partial charge in [0.05, 0.1) is 0 Å². The Kier molecular flexibility index (Phi) is 9.03. The Morgan fingerprint density at radius 3 is 2.56 bits per heavy atom. The van der Waals surface area contributed by atoms with Crippen molar-refractivity contribution >= 4 is 24.7 Å². The molecule has 0 saturated carbocycles. The summed E-state index contributed by atoms with van der Waals surface area (Å²) in [5, 5.41) is 11.5. The third-order valence-corrected chi connectivity index (χ3v) is 2.48. The van der Waals surface area contributed by atoms with Gasteiger partial charge in [0.15, 0.2) is 0 Å². The topological polar surface area (TPSA) is 78.4 Å². The second-order valence-electron chi connectivity index (χ2n) is 3.62. The summed E-state index contributed by atoms with van der Waals surface area (Å²) in [7, 11) is 0. The molecule has 0 spiro atoms. The summed E-state index contributed by atoms with van der Waals surface area (Å²) < 4.78 is 2.43. The van der Waals surface area contributed by atoms with E-state index < -0.39 is 12.0 Å². The number of carboxylic acid groups (broad SMARTS) is 1. The van der Waals surface area contributed by atoms with Crippen LogP contribution in [-0.2, 0) is 9.59 Å². The van der Waals surface area contributed by atoms with Crippen molar-refractivity contribution in [3.05, 3.63) is 0 Å². The van der Waals surface area contributed by atoms with Crippen molar-refractivity contribution in [2.45, 2.75) is 45.1 Å². The number of rotatable bonds is 9. The van der Waals surface area contributed by atoms with E-state index in [0.717, 1.165) is 19.3 Å². The lowest BCUT2D eigenvalue weighted by molar-refractivity contribution is -0.139. The number of aliphatic carboxylic acids is 1. The van der Waals surface area contributed by atoms with Gasteiger partial charge in [-0.2, -0.15) is 0 Å². The summed E-state index contributed by atoms with van der Waals surface area (Å²) in [5.74, 6) is -0.838. The normalized spacial score (nSPS) is 12.1. The Hall–Kier alpha value is -0.750. The highest BCUT2D eigenvalue weighted by atomic mass is 32.1. The van der Waals surface area contributed by atoms with Gasteiger partial charge in [-0.15, -0.1) is 0 Å². The molecule has 16 heavy (non-hydrogen) atoms. The molecule has 1 amide bonds. The van der Waals surface area contributed by atoms with Crippen LogP contribution in [0.5, 0.6) is 0 Å². The molecule has 0 aliphatic heterocycles. The van der Waals surface area contributed by atoms with Crippen molar-refractivity contribution < 1.29 is 14.7 Å². The minimum absolute atomic E-state index is 0.0598. The van der Waals surface area contributed by atoms with Crippen molar-refractivity contribution in [3.8, 4) is 0 Å². The monoisotopic (exact) mass is 248 g/mol. The van der Waals surface area contributed by atoms with E-state index in [1.807, 2.05) is 6.92 Å². The summed E-state index contributed by atoms with van der Waals surface area (Å²) in [6, 6.07) is -0.616. The smallest absolute Gasteiger partial charge is 0.321 e. The van der Waals surface area contributed by atoms with E-state index >= 15 is 0 Å². The minimum atomic E-state index is -0.898. The molecule has 0 radical (unpaired) electrons. The molecule has 1 unspecified atom stereocenters. The van der Waals surface area contributed by atoms with Crippen LogP contribution in [-0.4, -0.2) is 29.6 Å². The van der Waals surface area contributed by atoms with Crippen LogP contribution < -0.4 is 10.0 Å². The maximum atomic E-state index is 11.1. The molecule has 0 bridgehead atoms. The third kappa shape index (κ3) is 7.53. The lowest BCUT2D eigenvalue weighted by Crippen LogP contribution is -2.31. The second kappa shape index (κ2) is 9.47. The predicted octanol–water partition coefficient (Wildman–Crippen LogP) is 0.961. The number of nitrogens with one attached hydrogen (secondary N) is 2. The van der Waals surface area contributed by atoms with Crippen LogP contribution in [0.4, 0.5) is 0 Å². The van der Waals surface area contributed by atoms with Crippen LogP contribution in [0, 0.1) is 0 Å². The third-order valence-electron chi connectivity index (χ3n) is 2.17. The molecule has 1 atom stereocenters. The molecule has 0 aromatic heterocycles. The van der Waals surface area contributed by atoms with Crippen LogP contribution in [0.15, 0.2) is 0 Å². The molecule has 94 valence electrons. The molecular weight excluding hydrogens is 228 g/mol. The average Bonchev–Trinajstić information content (AvgIpc) is 2.23. The molecule has 5 nitrogen and oxygen atoms in total. The molecule has 0 aromatic rings. The Morgan fingerprint density at radius 1 is 1.38 bits per heavy atom. The fourth-order valence-corrected chi connectivity index (χ4v) is 1.50. The van der Waals surface area contributed by atoms with E-state index in [1.165, 1.54) is 0 Å². The lowest BCUT2D eigenvalue weighted by Gasteiger charge is -2.10. The zero-order valence-corrected chi connectivity index (χ0v) is 10.4. The van der Waals surface area contributed by atoms with E-state index in [1.54, 1.807) is 0 Å². The van der Waals surface area contributed by atoms with Gasteiger partial charge in [0.1, 0.15) is 6.04 Å². The van der Waals surface area contributed by atoms with Gasteiger partial charge in [-0.05, 0) is 25.7 Å². The van der Waals surface area contributed by atoms with E-state index in [9.17, 15) is 9.59 Å². The first-order valence-electron chi connectivity index (χ1n) is 5.51. The summed E-state index contributed by atoms with van der Waals surface area (Å²) >= 11 is 3.74. The van der Waals surface area contributed by atoms with E-state index in [-0.39, 0.29) is 5.91 Å². The summed E-state index contributed by atoms with van der Waals surface area (Å²) in [6.07, 6.45) is 3.44. The SMILES string of the molecule is CCCC(=O)NCCCCC(NS)C(=O)O. The van der Waals surface area contributed by atoms with Crippen LogP contribution in [0.3, 0.4) is 0 Å². The van der Waals surface area contributed by atoms with Crippen molar-refractivity contribution in [1.82, 2.24) is 10.0 Å². The van der Waals surface area contributed by atoms with E-state index in [4.69, 9.17) is 5.11 Å². The first-order chi connectivity index (χ1) is 7.61. The standard InChI is InChI=1S/C10H20N2O3S/c1-2-5-9(13)11-7-4-3-6-8(12-16)10(14)15/h8,12,16H,2-7H2,1H3,(H,11,13)(H,14,15). The molecule has 0 fully saturated rings. The molecule has 6 heteroatoms. The highest BCUT2D eigenvalue weighted by molar-refractivity contribution is 7.78. The van der Waals surface area contributed by atoms with Crippen molar-refractivity contribution in [2.75, 3.05) is 6.54 Å². The number of amides is 1.